The highest BCUT2D eigenvalue weighted by molar-refractivity contribution is 5.77. The molecule has 27 heavy (non-hydrogen) atoms. The molecule has 2 fully saturated rings. The van der Waals surface area contributed by atoms with Gasteiger partial charge < -0.3 is 23.6 Å². The molecule has 1 atom stereocenters. The third kappa shape index (κ3) is 6.26. The summed E-state index contributed by atoms with van der Waals surface area (Å²) in [6, 6.07) is 0. The molecule has 1 unspecified atom stereocenters. The molecule has 1 amide bonds. The van der Waals surface area contributed by atoms with Crippen molar-refractivity contribution in [3.8, 4) is 0 Å². The van der Waals surface area contributed by atoms with Crippen LogP contribution in [0.4, 0.5) is 0 Å². The first-order valence-electron chi connectivity index (χ1n) is 10.0. The van der Waals surface area contributed by atoms with E-state index in [0.29, 0.717) is 25.0 Å². The van der Waals surface area contributed by atoms with Gasteiger partial charge in [-0.05, 0) is 38.0 Å². The molecule has 0 saturated carbocycles. The van der Waals surface area contributed by atoms with Gasteiger partial charge in [0, 0.05) is 45.8 Å². The molecular weight excluding hydrogens is 350 g/mol. The quantitative estimate of drug-likeness (QED) is 0.603. The Balaban J connectivity index is 1.40. The maximum Gasteiger partial charge on any atom is 0.248 e. The summed E-state index contributed by atoms with van der Waals surface area (Å²) >= 11 is 0. The van der Waals surface area contributed by atoms with Crippen LogP contribution in [0.3, 0.4) is 0 Å². The van der Waals surface area contributed by atoms with Gasteiger partial charge in [-0.1, -0.05) is 5.16 Å². The standard InChI is InChI=1S/C19H31N3O5/c1-24-11-12-26-14-18(23)22-8-2-3-15(13-22)4-5-17-20-19(27-21-17)16-6-9-25-10-7-16/h15-16H,2-14H2,1H3. The molecule has 0 N–H and O–H groups in total. The fourth-order valence-electron chi connectivity index (χ4n) is 3.73. The van der Waals surface area contributed by atoms with Gasteiger partial charge >= 0.3 is 0 Å². The Morgan fingerprint density at radius 1 is 1.26 bits per heavy atom. The topological polar surface area (TPSA) is 86.9 Å². The van der Waals surface area contributed by atoms with Crippen LogP contribution in [0, 0.1) is 5.92 Å². The van der Waals surface area contributed by atoms with E-state index in [4.69, 9.17) is 18.7 Å². The molecule has 2 aliphatic heterocycles. The van der Waals surface area contributed by atoms with Crippen molar-refractivity contribution in [1.82, 2.24) is 15.0 Å². The number of methoxy groups -OCH3 is 1. The lowest BCUT2D eigenvalue weighted by Crippen LogP contribution is -2.42. The normalized spacial score (nSPS) is 21.5. The lowest BCUT2D eigenvalue weighted by atomic mass is 9.93. The molecule has 3 heterocycles. The minimum absolute atomic E-state index is 0.0668. The second kappa shape index (κ2) is 10.7. The van der Waals surface area contributed by atoms with Crippen molar-refractivity contribution in [2.24, 2.45) is 5.92 Å². The van der Waals surface area contributed by atoms with Crippen molar-refractivity contribution in [2.75, 3.05) is 53.2 Å². The number of carbonyl (C=O) groups excluding carboxylic acids is 1. The minimum atomic E-state index is 0.0668. The third-order valence-corrected chi connectivity index (χ3v) is 5.36. The van der Waals surface area contributed by atoms with E-state index in [-0.39, 0.29) is 12.5 Å². The van der Waals surface area contributed by atoms with E-state index in [1.807, 2.05) is 4.90 Å². The first kappa shape index (κ1) is 20.2. The third-order valence-electron chi connectivity index (χ3n) is 5.36. The van der Waals surface area contributed by atoms with Crippen LogP contribution in [-0.2, 0) is 25.4 Å². The zero-order valence-corrected chi connectivity index (χ0v) is 16.2. The zero-order chi connectivity index (χ0) is 18.9. The van der Waals surface area contributed by atoms with E-state index < -0.39 is 0 Å². The summed E-state index contributed by atoms with van der Waals surface area (Å²) in [7, 11) is 1.62. The number of carbonyl (C=O) groups is 1. The monoisotopic (exact) mass is 381 g/mol. The van der Waals surface area contributed by atoms with Crippen LogP contribution in [-0.4, -0.2) is 74.2 Å². The van der Waals surface area contributed by atoms with Crippen molar-refractivity contribution in [3.05, 3.63) is 11.7 Å². The number of amides is 1. The Kier molecular flexibility index (Phi) is 8.04. The molecule has 0 radical (unpaired) electrons. The summed E-state index contributed by atoms with van der Waals surface area (Å²) in [6.45, 7) is 4.24. The van der Waals surface area contributed by atoms with Crippen LogP contribution in [0.1, 0.15) is 49.7 Å². The summed E-state index contributed by atoms with van der Waals surface area (Å²) in [5.74, 6) is 2.41. The van der Waals surface area contributed by atoms with E-state index >= 15 is 0 Å². The van der Waals surface area contributed by atoms with Crippen LogP contribution < -0.4 is 0 Å². The first-order chi connectivity index (χ1) is 13.3. The molecule has 2 aliphatic rings. The summed E-state index contributed by atoms with van der Waals surface area (Å²) in [5, 5.41) is 4.15. The molecule has 0 spiro atoms. The number of nitrogens with zero attached hydrogens (tertiary/aromatic N) is 3. The van der Waals surface area contributed by atoms with Gasteiger partial charge in [-0.15, -0.1) is 0 Å². The lowest BCUT2D eigenvalue weighted by molar-refractivity contribution is -0.138. The minimum Gasteiger partial charge on any atom is -0.382 e. The van der Waals surface area contributed by atoms with Crippen molar-refractivity contribution < 1.29 is 23.5 Å². The average molecular weight is 381 g/mol. The Morgan fingerprint density at radius 2 is 2.11 bits per heavy atom. The van der Waals surface area contributed by atoms with Gasteiger partial charge in [0.2, 0.25) is 11.8 Å². The van der Waals surface area contributed by atoms with Gasteiger partial charge in [0.05, 0.1) is 13.2 Å². The van der Waals surface area contributed by atoms with Crippen molar-refractivity contribution in [3.63, 3.8) is 0 Å². The predicted molar refractivity (Wildman–Crippen MR) is 97.4 cm³/mol. The Morgan fingerprint density at radius 3 is 2.93 bits per heavy atom. The highest BCUT2D eigenvalue weighted by Crippen LogP contribution is 2.26. The molecule has 0 bridgehead atoms. The Hall–Kier alpha value is -1.51. The largest absolute Gasteiger partial charge is 0.382 e. The van der Waals surface area contributed by atoms with Crippen LogP contribution in [0.2, 0.25) is 0 Å². The summed E-state index contributed by atoms with van der Waals surface area (Å²) in [5.41, 5.74) is 0. The van der Waals surface area contributed by atoms with Crippen molar-refractivity contribution in [1.29, 1.82) is 0 Å². The van der Waals surface area contributed by atoms with Gasteiger partial charge in [-0.25, -0.2) is 0 Å². The van der Waals surface area contributed by atoms with E-state index in [1.54, 1.807) is 7.11 Å². The van der Waals surface area contributed by atoms with E-state index in [2.05, 4.69) is 10.1 Å². The molecule has 0 aliphatic carbocycles. The Bertz CT molecular complexity index is 573. The number of likely N-dealkylation sites (tertiary alicyclic amines) is 1. The fraction of sp³-hybridized carbons (Fsp3) is 0.842. The molecular formula is C19H31N3O5. The summed E-state index contributed by atoms with van der Waals surface area (Å²) < 4.78 is 21.1. The second-order valence-electron chi connectivity index (χ2n) is 7.37. The highest BCUT2D eigenvalue weighted by Gasteiger charge is 2.25. The molecule has 152 valence electrons. The predicted octanol–water partition coefficient (Wildman–Crippen LogP) is 1.80. The number of aryl methyl sites for hydroxylation is 1. The zero-order valence-electron chi connectivity index (χ0n) is 16.2. The SMILES string of the molecule is COCCOCC(=O)N1CCCC(CCc2noc(C3CCOCC3)n2)C1. The van der Waals surface area contributed by atoms with Crippen LogP contribution in [0.25, 0.3) is 0 Å². The number of piperidine rings is 1. The van der Waals surface area contributed by atoms with Gasteiger partial charge in [0.1, 0.15) is 6.61 Å². The summed E-state index contributed by atoms with van der Waals surface area (Å²) in [6.07, 6.45) is 5.85. The van der Waals surface area contributed by atoms with Crippen LogP contribution >= 0.6 is 0 Å². The number of rotatable bonds is 9. The molecule has 1 aromatic rings. The lowest BCUT2D eigenvalue weighted by Gasteiger charge is -2.32. The van der Waals surface area contributed by atoms with Gasteiger partial charge in [0.25, 0.3) is 0 Å². The Labute approximate surface area is 160 Å². The van der Waals surface area contributed by atoms with Gasteiger partial charge in [0.15, 0.2) is 5.82 Å². The van der Waals surface area contributed by atoms with E-state index in [0.717, 1.165) is 76.5 Å². The van der Waals surface area contributed by atoms with E-state index in [1.165, 1.54) is 0 Å². The highest BCUT2D eigenvalue weighted by atomic mass is 16.5. The number of ether oxygens (including phenoxy) is 3. The molecule has 3 rings (SSSR count). The van der Waals surface area contributed by atoms with Crippen LogP contribution in [0.5, 0.6) is 0 Å². The molecule has 8 heteroatoms. The molecule has 2 saturated heterocycles. The summed E-state index contributed by atoms with van der Waals surface area (Å²) in [4.78, 5) is 18.8. The number of aromatic nitrogens is 2. The first-order valence-corrected chi connectivity index (χ1v) is 10.0. The number of hydrogen-bond donors (Lipinski definition) is 0. The fourth-order valence-corrected chi connectivity index (χ4v) is 3.73. The molecule has 0 aromatic carbocycles. The van der Waals surface area contributed by atoms with Gasteiger partial charge in [-0.3, -0.25) is 4.79 Å². The maximum absolute atomic E-state index is 12.3. The molecule has 8 nitrogen and oxygen atoms in total. The van der Waals surface area contributed by atoms with Crippen LogP contribution in [0.15, 0.2) is 4.52 Å². The molecule has 1 aromatic heterocycles. The van der Waals surface area contributed by atoms with Gasteiger partial charge in [-0.2, -0.15) is 4.98 Å². The smallest absolute Gasteiger partial charge is 0.248 e. The van der Waals surface area contributed by atoms with Crippen molar-refractivity contribution in [2.45, 2.75) is 44.4 Å². The number of hydrogen-bond acceptors (Lipinski definition) is 7. The second-order valence-corrected chi connectivity index (χ2v) is 7.37. The maximum atomic E-state index is 12.3. The van der Waals surface area contributed by atoms with E-state index in [9.17, 15) is 4.79 Å². The average Bonchev–Trinajstić information content (AvgIpc) is 3.19. The van der Waals surface area contributed by atoms with Crippen molar-refractivity contribution >= 4 is 5.91 Å².